The normalized spacial score (nSPS) is 12.5. The monoisotopic (exact) mass is 330 g/mol. The highest BCUT2D eigenvalue weighted by Crippen LogP contribution is 2.25. The number of nitrogens with one attached hydrogen (secondary N) is 1. The van der Waals surface area contributed by atoms with Gasteiger partial charge in [-0.15, -0.1) is 0 Å². The lowest BCUT2D eigenvalue weighted by molar-refractivity contribution is 0.0925. The summed E-state index contributed by atoms with van der Waals surface area (Å²) in [5, 5.41) is 3.30. The summed E-state index contributed by atoms with van der Waals surface area (Å²) in [4.78, 5) is 16.5. The average Bonchev–Trinajstić information content (AvgIpc) is 2.52. The van der Waals surface area contributed by atoms with Crippen molar-refractivity contribution in [1.29, 1.82) is 0 Å². The maximum atomic E-state index is 12.5. The molecule has 1 atom stereocenters. The minimum absolute atomic E-state index is 0.0695. The first-order valence-corrected chi connectivity index (χ1v) is 8.29. The molecule has 1 amide bonds. The van der Waals surface area contributed by atoms with E-state index in [0.29, 0.717) is 11.5 Å². The van der Waals surface area contributed by atoms with Crippen LogP contribution < -0.4 is 5.32 Å². The van der Waals surface area contributed by atoms with Gasteiger partial charge < -0.3 is 5.32 Å². The van der Waals surface area contributed by atoms with Gasteiger partial charge in [0.2, 0.25) is 0 Å². The molecule has 1 aromatic heterocycles. The fraction of sp³-hybridized carbons (Fsp3) is 0.368. The van der Waals surface area contributed by atoms with E-state index in [1.54, 1.807) is 18.3 Å². The fourth-order valence-corrected chi connectivity index (χ4v) is 2.70. The van der Waals surface area contributed by atoms with Gasteiger partial charge in [-0.05, 0) is 35.1 Å². The number of amides is 1. The number of pyridine rings is 1. The molecule has 2 rings (SSSR count). The number of halogens is 1. The minimum atomic E-state index is -0.199. The molecule has 1 heterocycles. The van der Waals surface area contributed by atoms with Crippen LogP contribution in [-0.2, 0) is 0 Å². The van der Waals surface area contributed by atoms with Gasteiger partial charge in [0, 0.05) is 6.20 Å². The van der Waals surface area contributed by atoms with Crippen LogP contribution in [0.4, 0.5) is 0 Å². The molecule has 0 aliphatic carbocycles. The summed E-state index contributed by atoms with van der Waals surface area (Å²) in [5.41, 5.74) is 2.79. The van der Waals surface area contributed by atoms with E-state index in [-0.39, 0.29) is 23.0 Å². The Morgan fingerprint density at radius 3 is 2.17 bits per heavy atom. The van der Waals surface area contributed by atoms with Crippen LogP contribution in [0.2, 0.25) is 5.15 Å². The number of hydrogen-bond donors (Lipinski definition) is 1. The van der Waals surface area contributed by atoms with Crippen molar-refractivity contribution in [3.8, 4) is 0 Å². The minimum Gasteiger partial charge on any atom is -0.345 e. The molecule has 0 saturated heterocycles. The van der Waals surface area contributed by atoms with Crippen molar-refractivity contribution < 1.29 is 4.79 Å². The Kier molecular flexibility index (Phi) is 5.78. The Morgan fingerprint density at radius 2 is 1.65 bits per heavy atom. The van der Waals surface area contributed by atoms with Crippen LogP contribution in [0.1, 0.15) is 61.1 Å². The molecule has 3 nitrogen and oxygen atoms in total. The van der Waals surface area contributed by atoms with E-state index in [4.69, 9.17) is 11.6 Å². The molecular formula is C19H23ClN2O. The Bertz CT molecular complexity index is 665. The zero-order valence-corrected chi connectivity index (χ0v) is 14.8. The van der Waals surface area contributed by atoms with E-state index in [9.17, 15) is 4.79 Å². The van der Waals surface area contributed by atoms with Gasteiger partial charge in [0.1, 0.15) is 5.15 Å². The predicted octanol–water partition coefficient (Wildman–Crippen LogP) is 4.99. The van der Waals surface area contributed by atoms with Gasteiger partial charge in [-0.1, -0.05) is 63.6 Å². The molecule has 0 radical (unpaired) electrons. The molecule has 1 N–H and O–H groups in total. The third-order valence-electron chi connectivity index (χ3n) is 3.92. The second-order valence-electron chi connectivity index (χ2n) is 6.36. The highest BCUT2D eigenvalue weighted by atomic mass is 35.5. The van der Waals surface area contributed by atoms with Gasteiger partial charge in [-0.2, -0.15) is 0 Å². The Labute approximate surface area is 143 Å². The Hall–Kier alpha value is -1.87. The van der Waals surface area contributed by atoms with E-state index in [0.717, 1.165) is 5.56 Å². The van der Waals surface area contributed by atoms with Crippen LogP contribution in [0.25, 0.3) is 0 Å². The van der Waals surface area contributed by atoms with E-state index in [2.05, 4.69) is 62.3 Å². The van der Waals surface area contributed by atoms with Crippen LogP contribution in [0, 0.1) is 5.92 Å². The zero-order chi connectivity index (χ0) is 17.0. The first kappa shape index (κ1) is 17.5. The van der Waals surface area contributed by atoms with Crippen molar-refractivity contribution >= 4 is 17.5 Å². The third-order valence-corrected chi connectivity index (χ3v) is 4.22. The summed E-state index contributed by atoms with van der Waals surface area (Å²) in [5.74, 6) is 0.555. The molecule has 0 saturated carbocycles. The van der Waals surface area contributed by atoms with Crippen LogP contribution >= 0.6 is 11.6 Å². The van der Waals surface area contributed by atoms with Crippen LogP contribution in [0.15, 0.2) is 42.6 Å². The molecule has 0 aliphatic heterocycles. The smallest absolute Gasteiger partial charge is 0.254 e. The molecule has 0 aliphatic rings. The van der Waals surface area contributed by atoms with E-state index >= 15 is 0 Å². The van der Waals surface area contributed by atoms with Crippen LogP contribution in [0.5, 0.6) is 0 Å². The fourth-order valence-electron chi connectivity index (χ4n) is 2.50. The molecule has 122 valence electrons. The molecule has 2 aromatic rings. The van der Waals surface area contributed by atoms with E-state index in [1.807, 2.05) is 0 Å². The number of rotatable bonds is 5. The maximum absolute atomic E-state index is 12.5. The van der Waals surface area contributed by atoms with Gasteiger partial charge in [0.25, 0.3) is 5.91 Å². The summed E-state index contributed by atoms with van der Waals surface area (Å²) in [6.45, 7) is 8.51. The number of hydrogen-bond acceptors (Lipinski definition) is 2. The molecule has 23 heavy (non-hydrogen) atoms. The second kappa shape index (κ2) is 7.60. The van der Waals surface area contributed by atoms with Gasteiger partial charge in [-0.25, -0.2) is 4.98 Å². The highest BCUT2D eigenvalue weighted by molar-refractivity contribution is 6.32. The first-order valence-electron chi connectivity index (χ1n) is 7.91. The lowest BCUT2D eigenvalue weighted by Crippen LogP contribution is -2.32. The van der Waals surface area contributed by atoms with Gasteiger partial charge in [0.15, 0.2) is 0 Å². The lowest BCUT2D eigenvalue weighted by Gasteiger charge is -2.23. The number of nitrogens with zero attached hydrogens (tertiary/aromatic N) is 1. The van der Waals surface area contributed by atoms with Crippen molar-refractivity contribution in [2.24, 2.45) is 5.92 Å². The van der Waals surface area contributed by atoms with Crippen molar-refractivity contribution in [3.05, 3.63) is 64.4 Å². The summed E-state index contributed by atoms with van der Waals surface area (Å²) in [7, 11) is 0. The lowest BCUT2D eigenvalue weighted by atomic mass is 9.93. The van der Waals surface area contributed by atoms with Crippen LogP contribution in [0.3, 0.4) is 0 Å². The molecule has 1 aromatic carbocycles. The number of aromatic nitrogens is 1. The molecule has 0 fully saturated rings. The summed E-state index contributed by atoms with van der Waals surface area (Å²) in [6, 6.07) is 11.7. The quantitative estimate of drug-likeness (QED) is 0.785. The maximum Gasteiger partial charge on any atom is 0.254 e. The Morgan fingerprint density at radius 1 is 1.04 bits per heavy atom. The topological polar surface area (TPSA) is 42.0 Å². The summed E-state index contributed by atoms with van der Waals surface area (Å²) >= 11 is 6.01. The summed E-state index contributed by atoms with van der Waals surface area (Å²) < 4.78 is 0. The van der Waals surface area contributed by atoms with E-state index < -0.39 is 0 Å². The molecular weight excluding hydrogens is 308 g/mol. The van der Waals surface area contributed by atoms with Crippen molar-refractivity contribution in [2.45, 2.75) is 39.7 Å². The highest BCUT2D eigenvalue weighted by Gasteiger charge is 2.20. The van der Waals surface area contributed by atoms with Crippen molar-refractivity contribution in [2.75, 3.05) is 0 Å². The molecule has 1 unspecified atom stereocenters. The van der Waals surface area contributed by atoms with Gasteiger partial charge in [0.05, 0.1) is 11.6 Å². The number of carbonyl (C=O) groups is 1. The molecule has 0 bridgehead atoms. The Balaban J connectivity index is 2.22. The number of benzene rings is 1. The zero-order valence-electron chi connectivity index (χ0n) is 14.0. The van der Waals surface area contributed by atoms with Gasteiger partial charge in [-0.3, -0.25) is 4.79 Å². The second-order valence-corrected chi connectivity index (χ2v) is 6.72. The SMILES string of the molecule is CC(C)c1ccc(C(NC(=O)c2cccnc2Cl)C(C)C)cc1. The summed E-state index contributed by atoms with van der Waals surface area (Å²) in [6.07, 6.45) is 1.57. The molecule has 4 heteroatoms. The molecule has 0 spiro atoms. The van der Waals surface area contributed by atoms with Crippen LogP contribution in [-0.4, -0.2) is 10.9 Å². The standard InChI is InChI=1S/C19H23ClN2O/c1-12(2)14-7-9-15(10-8-14)17(13(3)4)22-19(23)16-6-5-11-21-18(16)20/h5-13,17H,1-4H3,(H,22,23). The predicted molar refractivity (Wildman–Crippen MR) is 94.8 cm³/mol. The van der Waals surface area contributed by atoms with Crippen molar-refractivity contribution in [1.82, 2.24) is 10.3 Å². The number of carbonyl (C=O) groups excluding carboxylic acids is 1. The van der Waals surface area contributed by atoms with Gasteiger partial charge >= 0.3 is 0 Å². The van der Waals surface area contributed by atoms with Crippen molar-refractivity contribution in [3.63, 3.8) is 0 Å². The average molecular weight is 331 g/mol. The third kappa shape index (κ3) is 4.32. The largest absolute Gasteiger partial charge is 0.345 e. The van der Waals surface area contributed by atoms with E-state index in [1.165, 1.54) is 5.56 Å². The first-order chi connectivity index (χ1) is 10.9.